The summed E-state index contributed by atoms with van der Waals surface area (Å²) in [7, 11) is 3.30. The summed E-state index contributed by atoms with van der Waals surface area (Å²) in [6.45, 7) is 3.11. The van der Waals surface area contributed by atoms with Crippen LogP contribution in [0.1, 0.15) is 33.9 Å². The zero-order valence-electron chi connectivity index (χ0n) is 12.1. The topological polar surface area (TPSA) is 55.6 Å². The van der Waals surface area contributed by atoms with Crippen LogP contribution in [0.15, 0.2) is 12.1 Å². The first kappa shape index (κ1) is 14.9. The highest BCUT2D eigenvalue weighted by molar-refractivity contribution is 5.91. The molecule has 0 aliphatic carbocycles. The molecule has 20 heavy (non-hydrogen) atoms. The van der Waals surface area contributed by atoms with Gasteiger partial charge in [0.05, 0.1) is 12.7 Å². The molecule has 2 N–H and O–H groups in total. The lowest BCUT2D eigenvalue weighted by atomic mass is 9.96. The van der Waals surface area contributed by atoms with Crippen molar-refractivity contribution in [2.24, 2.45) is 11.7 Å². The van der Waals surface area contributed by atoms with Crippen molar-refractivity contribution in [3.63, 3.8) is 0 Å². The molecule has 0 radical (unpaired) electrons. The fraction of sp³-hybridized carbons (Fsp3) is 0.533. The van der Waals surface area contributed by atoms with Crippen LogP contribution in [0.25, 0.3) is 0 Å². The third-order valence-electron chi connectivity index (χ3n) is 4.12. The molecule has 1 fully saturated rings. The molecule has 1 aromatic carbocycles. The van der Waals surface area contributed by atoms with E-state index in [0.29, 0.717) is 23.6 Å². The van der Waals surface area contributed by atoms with E-state index in [1.165, 1.54) is 13.2 Å². The van der Waals surface area contributed by atoms with Crippen LogP contribution in [0.4, 0.5) is 4.39 Å². The van der Waals surface area contributed by atoms with E-state index < -0.39 is 5.97 Å². The van der Waals surface area contributed by atoms with Gasteiger partial charge in [0.15, 0.2) is 0 Å². The van der Waals surface area contributed by atoms with E-state index in [9.17, 15) is 9.18 Å². The van der Waals surface area contributed by atoms with Crippen LogP contribution in [-0.2, 0) is 4.74 Å². The van der Waals surface area contributed by atoms with E-state index in [1.54, 1.807) is 13.0 Å². The van der Waals surface area contributed by atoms with Gasteiger partial charge in [0.25, 0.3) is 0 Å². The number of esters is 1. The van der Waals surface area contributed by atoms with Crippen molar-refractivity contribution in [3.8, 4) is 0 Å². The smallest absolute Gasteiger partial charge is 0.338 e. The minimum Gasteiger partial charge on any atom is -0.465 e. The predicted octanol–water partition coefficient (Wildman–Crippen LogP) is 1.87. The molecule has 2 unspecified atom stereocenters. The Morgan fingerprint density at radius 1 is 1.55 bits per heavy atom. The molecule has 0 bridgehead atoms. The summed E-state index contributed by atoms with van der Waals surface area (Å²) in [5, 5.41) is 0. The predicted molar refractivity (Wildman–Crippen MR) is 75.0 cm³/mol. The van der Waals surface area contributed by atoms with Gasteiger partial charge < -0.3 is 10.5 Å². The van der Waals surface area contributed by atoms with Gasteiger partial charge in [0.2, 0.25) is 0 Å². The van der Waals surface area contributed by atoms with Gasteiger partial charge in [-0.25, -0.2) is 9.18 Å². The van der Waals surface area contributed by atoms with Crippen molar-refractivity contribution in [1.82, 2.24) is 4.90 Å². The van der Waals surface area contributed by atoms with Gasteiger partial charge >= 0.3 is 5.97 Å². The highest BCUT2D eigenvalue weighted by Crippen LogP contribution is 2.35. The van der Waals surface area contributed by atoms with Crippen LogP contribution in [0.3, 0.4) is 0 Å². The Morgan fingerprint density at radius 3 is 2.80 bits per heavy atom. The number of hydrogen-bond acceptors (Lipinski definition) is 4. The molecule has 0 amide bonds. The molecule has 0 spiro atoms. The number of rotatable bonds is 3. The van der Waals surface area contributed by atoms with Crippen LogP contribution in [-0.4, -0.2) is 38.1 Å². The lowest BCUT2D eigenvalue weighted by molar-refractivity contribution is 0.0599. The van der Waals surface area contributed by atoms with Crippen molar-refractivity contribution >= 4 is 5.97 Å². The zero-order valence-corrected chi connectivity index (χ0v) is 12.1. The molecular weight excluding hydrogens is 259 g/mol. The monoisotopic (exact) mass is 280 g/mol. The third-order valence-corrected chi connectivity index (χ3v) is 4.12. The number of hydrogen-bond donors (Lipinski definition) is 1. The Labute approximate surface area is 118 Å². The molecule has 4 nitrogen and oxygen atoms in total. The second-order valence-corrected chi connectivity index (χ2v) is 5.46. The molecule has 2 atom stereocenters. The van der Waals surface area contributed by atoms with Crippen molar-refractivity contribution in [2.45, 2.75) is 19.4 Å². The molecule has 1 aliphatic heterocycles. The first-order chi connectivity index (χ1) is 9.47. The summed E-state index contributed by atoms with van der Waals surface area (Å²) in [4.78, 5) is 13.9. The fourth-order valence-electron chi connectivity index (χ4n) is 2.88. The van der Waals surface area contributed by atoms with Crippen molar-refractivity contribution in [2.75, 3.05) is 27.2 Å². The van der Waals surface area contributed by atoms with Gasteiger partial charge in [-0.2, -0.15) is 0 Å². The minimum atomic E-state index is -0.501. The van der Waals surface area contributed by atoms with Gasteiger partial charge in [0.1, 0.15) is 5.82 Å². The molecule has 1 heterocycles. The van der Waals surface area contributed by atoms with E-state index in [2.05, 4.69) is 4.90 Å². The summed E-state index contributed by atoms with van der Waals surface area (Å²) in [5.41, 5.74) is 7.16. The molecule has 2 rings (SSSR count). The number of carbonyl (C=O) groups excluding carboxylic acids is 1. The lowest BCUT2D eigenvalue weighted by Gasteiger charge is -2.21. The van der Waals surface area contributed by atoms with Gasteiger partial charge in [-0.3, -0.25) is 4.90 Å². The number of nitrogens with two attached hydrogens (primary N) is 1. The van der Waals surface area contributed by atoms with E-state index in [1.807, 2.05) is 7.05 Å². The van der Waals surface area contributed by atoms with Gasteiger partial charge in [-0.1, -0.05) is 0 Å². The SMILES string of the molecule is COC(=O)c1cc(C2CC(CN)CN2C)cc(F)c1C. The van der Waals surface area contributed by atoms with E-state index in [0.717, 1.165) is 18.5 Å². The van der Waals surface area contributed by atoms with Crippen molar-refractivity contribution in [3.05, 3.63) is 34.6 Å². The molecule has 110 valence electrons. The number of benzene rings is 1. The van der Waals surface area contributed by atoms with Crippen molar-refractivity contribution < 1.29 is 13.9 Å². The number of carbonyl (C=O) groups is 1. The fourth-order valence-corrected chi connectivity index (χ4v) is 2.88. The normalized spacial score (nSPS) is 23.1. The number of halogens is 1. The quantitative estimate of drug-likeness (QED) is 0.859. The third kappa shape index (κ3) is 2.69. The molecule has 5 heteroatoms. The summed E-state index contributed by atoms with van der Waals surface area (Å²) in [6.07, 6.45) is 0.885. The maximum Gasteiger partial charge on any atom is 0.338 e. The maximum absolute atomic E-state index is 14.0. The van der Waals surface area contributed by atoms with Gasteiger partial charge in [0, 0.05) is 12.6 Å². The standard InChI is InChI=1S/C15H21FN2O2/c1-9-12(15(19)20-3)5-11(6-13(9)16)14-4-10(7-17)8-18(14)2/h5-6,10,14H,4,7-8,17H2,1-3H3. The summed E-state index contributed by atoms with van der Waals surface area (Å²) in [5.74, 6) is -0.456. The van der Waals surface area contributed by atoms with Crippen LogP contribution in [0, 0.1) is 18.7 Å². The van der Waals surface area contributed by atoms with Crippen LogP contribution in [0.2, 0.25) is 0 Å². The zero-order chi connectivity index (χ0) is 14.9. The molecule has 1 saturated heterocycles. The van der Waals surface area contributed by atoms with Crippen LogP contribution >= 0.6 is 0 Å². The molecule has 1 aromatic rings. The van der Waals surface area contributed by atoms with Crippen LogP contribution in [0.5, 0.6) is 0 Å². The average molecular weight is 280 g/mol. The molecular formula is C15H21FN2O2. The Morgan fingerprint density at radius 2 is 2.25 bits per heavy atom. The summed E-state index contributed by atoms with van der Waals surface area (Å²) in [6, 6.07) is 3.36. The first-order valence-corrected chi connectivity index (χ1v) is 6.76. The van der Waals surface area contributed by atoms with Gasteiger partial charge in [-0.05, 0) is 56.1 Å². The number of nitrogens with zero attached hydrogens (tertiary/aromatic N) is 1. The van der Waals surface area contributed by atoms with Gasteiger partial charge in [-0.15, -0.1) is 0 Å². The average Bonchev–Trinajstić information content (AvgIpc) is 2.82. The minimum absolute atomic E-state index is 0.0991. The Hall–Kier alpha value is -1.46. The number of methoxy groups -OCH3 is 1. The molecule has 0 aromatic heterocycles. The Bertz CT molecular complexity index is 519. The summed E-state index contributed by atoms with van der Waals surface area (Å²) >= 11 is 0. The first-order valence-electron chi connectivity index (χ1n) is 6.76. The maximum atomic E-state index is 14.0. The largest absolute Gasteiger partial charge is 0.465 e. The molecule has 0 saturated carbocycles. The second-order valence-electron chi connectivity index (χ2n) is 5.46. The summed E-state index contributed by atoms with van der Waals surface area (Å²) < 4.78 is 18.8. The van der Waals surface area contributed by atoms with E-state index >= 15 is 0 Å². The van der Waals surface area contributed by atoms with E-state index in [4.69, 9.17) is 10.5 Å². The number of ether oxygens (including phenoxy) is 1. The van der Waals surface area contributed by atoms with E-state index in [-0.39, 0.29) is 11.9 Å². The Balaban J connectivity index is 2.38. The number of likely N-dealkylation sites (tertiary alicyclic amines) is 1. The highest BCUT2D eigenvalue weighted by Gasteiger charge is 2.31. The molecule has 1 aliphatic rings. The van der Waals surface area contributed by atoms with Crippen molar-refractivity contribution in [1.29, 1.82) is 0 Å². The Kier molecular flexibility index (Phi) is 4.40. The lowest BCUT2D eigenvalue weighted by Crippen LogP contribution is -2.21. The second kappa shape index (κ2) is 5.89. The van der Waals surface area contributed by atoms with Crippen LogP contribution < -0.4 is 5.73 Å². The highest BCUT2D eigenvalue weighted by atomic mass is 19.1.